The van der Waals surface area contributed by atoms with Crippen molar-refractivity contribution >= 4 is 17.3 Å². The number of anilines is 2. The Morgan fingerprint density at radius 1 is 1.40 bits per heavy atom. The summed E-state index contributed by atoms with van der Waals surface area (Å²) in [6.07, 6.45) is 3.33. The lowest BCUT2D eigenvalue weighted by Crippen LogP contribution is -2.45. The highest BCUT2D eigenvalue weighted by molar-refractivity contribution is 5.97. The standard InChI is InChI=1S/C15H22N2O3/c1-10-7-11(8-12(13(10)16)14(18)19-2)17-9-15(20-3)5-4-6-15/h7-8,17H,4-6,9,16H2,1-3H3. The first-order valence-corrected chi connectivity index (χ1v) is 6.79. The molecule has 1 aromatic carbocycles. The van der Waals surface area contributed by atoms with Crippen LogP contribution in [0.5, 0.6) is 0 Å². The van der Waals surface area contributed by atoms with Crippen molar-refractivity contribution in [2.24, 2.45) is 0 Å². The van der Waals surface area contributed by atoms with Gasteiger partial charge in [0.25, 0.3) is 0 Å². The third-order valence-corrected chi connectivity index (χ3v) is 4.10. The van der Waals surface area contributed by atoms with E-state index in [0.29, 0.717) is 11.3 Å². The van der Waals surface area contributed by atoms with Gasteiger partial charge in [0, 0.05) is 25.0 Å². The Labute approximate surface area is 119 Å². The minimum Gasteiger partial charge on any atom is -0.465 e. The maximum Gasteiger partial charge on any atom is 0.340 e. The molecule has 1 aromatic rings. The molecule has 1 fully saturated rings. The van der Waals surface area contributed by atoms with E-state index in [1.807, 2.05) is 13.0 Å². The SMILES string of the molecule is COC(=O)c1cc(NCC2(OC)CCC2)cc(C)c1N. The molecule has 0 aliphatic heterocycles. The maximum absolute atomic E-state index is 11.7. The summed E-state index contributed by atoms with van der Waals surface area (Å²) in [5.74, 6) is -0.417. The smallest absolute Gasteiger partial charge is 0.340 e. The molecular weight excluding hydrogens is 256 g/mol. The fourth-order valence-electron chi connectivity index (χ4n) is 2.47. The van der Waals surface area contributed by atoms with E-state index in [2.05, 4.69) is 5.32 Å². The molecule has 5 nitrogen and oxygen atoms in total. The molecule has 1 aliphatic carbocycles. The number of hydrogen-bond acceptors (Lipinski definition) is 5. The molecule has 1 saturated carbocycles. The van der Waals surface area contributed by atoms with Crippen LogP contribution in [-0.4, -0.2) is 32.3 Å². The Morgan fingerprint density at radius 2 is 2.10 bits per heavy atom. The fraction of sp³-hybridized carbons (Fsp3) is 0.533. The maximum atomic E-state index is 11.7. The van der Waals surface area contributed by atoms with E-state index in [0.717, 1.165) is 30.6 Å². The molecule has 0 bridgehead atoms. The van der Waals surface area contributed by atoms with Crippen LogP contribution in [-0.2, 0) is 9.47 Å². The largest absolute Gasteiger partial charge is 0.465 e. The van der Waals surface area contributed by atoms with Crippen LogP contribution in [0.3, 0.4) is 0 Å². The van der Waals surface area contributed by atoms with E-state index in [1.54, 1.807) is 13.2 Å². The van der Waals surface area contributed by atoms with Gasteiger partial charge in [-0.05, 0) is 43.9 Å². The van der Waals surface area contributed by atoms with Crippen LogP contribution < -0.4 is 11.1 Å². The van der Waals surface area contributed by atoms with Crippen molar-refractivity contribution in [1.29, 1.82) is 0 Å². The number of carbonyl (C=O) groups is 1. The first-order valence-electron chi connectivity index (χ1n) is 6.79. The first kappa shape index (κ1) is 14.7. The van der Waals surface area contributed by atoms with Gasteiger partial charge >= 0.3 is 5.97 Å². The average molecular weight is 278 g/mol. The van der Waals surface area contributed by atoms with Crippen molar-refractivity contribution in [2.75, 3.05) is 31.8 Å². The molecule has 0 radical (unpaired) electrons. The summed E-state index contributed by atoms with van der Waals surface area (Å²) in [6.45, 7) is 2.61. The van der Waals surface area contributed by atoms with E-state index in [4.69, 9.17) is 15.2 Å². The van der Waals surface area contributed by atoms with Crippen LogP contribution in [0.25, 0.3) is 0 Å². The highest BCUT2D eigenvalue weighted by Gasteiger charge is 2.36. The third-order valence-electron chi connectivity index (χ3n) is 4.10. The van der Waals surface area contributed by atoms with E-state index >= 15 is 0 Å². The van der Waals surface area contributed by atoms with Crippen LogP contribution in [0.2, 0.25) is 0 Å². The van der Waals surface area contributed by atoms with Crippen LogP contribution in [0.15, 0.2) is 12.1 Å². The first-order chi connectivity index (χ1) is 9.51. The number of rotatable bonds is 5. The minimum absolute atomic E-state index is 0.0687. The summed E-state index contributed by atoms with van der Waals surface area (Å²) in [6, 6.07) is 3.67. The lowest BCUT2D eigenvalue weighted by Gasteiger charge is -2.40. The Bertz CT molecular complexity index is 505. The number of nitrogens with two attached hydrogens (primary N) is 1. The van der Waals surface area contributed by atoms with Crippen molar-refractivity contribution in [3.8, 4) is 0 Å². The van der Waals surface area contributed by atoms with Gasteiger partial charge in [0.1, 0.15) is 0 Å². The van der Waals surface area contributed by atoms with Gasteiger partial charge < -0.3 is 20.5 Å². The monoisotopic (exact) mass is 278 g/mol. The number of hydrogen-bond donors (Lipinski definition) is 2. The minimum atomic E-state index is -0.417. The molecule has 0 spiro atoms. The Kier molecular flexibility index (Phi) is 4.18. The van der Waals surface area contributed by atoms with Crippen molar-refractivity contribution in [3.63, 3.8) is 0 Å². The van der Waals surface area contributed by atoms with E-state index in [-0.39, 0.29) is 5.60 Å². The molecule has 20 heavy (non-hydrogen) atoms. The molecule has 110 valence electrons. The second kappa shape index (κ2) is 5.71. The summed E-state index contributed by atoms with van der Waals surface area (Å²) in [7, 11) is 3.10. The number of benzene rings is 1. The number of aryl methyl sites for hydroxylation is 1. The quantitative estimate of drug-likeness (QED) is 0.639. The summed E-state index contributed by atoms with van der Waals surface area (Å²) in [4.78, 5) is 11.7. The molecule has 0 atom stereocenters. The zero-order chi connectivity index (χ0) is 14.8. The molecule has 0 amide bonds. The number of nitrogens with one attached hydrogen (secondary N) is 1. The zero-order valence-electron chi connectivity index (χ0n) is 12.3. The van der Waals surface area contributed by atoms with Gasteiger partial charge in [0.15, 0.2) is 0 Å². The molecular formula is C15H22N2O3. The summed E-state index contributed by atoms with van der Waals surface area (Å²) >= 11 is 0. The second-order valence-electron chi connectivity index (χ2n) is 5.34. The Hall–Kier alpha value is -1.75. The molecule has 0 unspecified atom stereocenters. The van der Waals surface area contributed by atoms with Crippen LogP contribution in [0.4, 0.5) is 11.4 Å². The molecule has 3 N–H and O–H groups in total. The predicted molar refractivity (Wildman–Crippen MR) is 79.0 cm³/mol. The third kappa shape index (κ3) is 2.72. The number of methoxy groups -OCH3 is 2. The Balaban J connectivity index is 2.16. The van der Waals surface area contributed by atoms with Gasteiger partial charge in [-0.25, -0.2) is 4.79 Å². The molecule has 2 rings (SSSR count). The summed E-state index contributed by atoms with van der Waals surface area (Å²) in [5, 5.41) is 3.34. The van der Waals surface area contributed by atoms with Crippen LogP contribution >= 0.6 is 0 Å². The molecule has 1 aliphatic rings. The topological polar surface area (TPSA) is 73.6 Å². The molecule has 0 heterocycles. The average Bonchev–Trinajstić information content (AvgIpc) is 2.40. The molecule has 5 heteroatoms. The molecule has 0 saturated heterocycles. The second-order valence-corrected chi connectivity index (χ2v) is 5.34. The number of esters is 1. The van der Waals surface area contributed by atoms with Crippen molar-refractivity contribution < 1.29 is 14.3 Å². The number of ether oxygens (including phenoxy) is 2. The predicted octanol–water partition coefficient (Wildman–Crippen LogP) is 2.34. The summed E-state index contributed by atoms with van der Waals surface area (Å²) < 4.78 is 10.3. The van der Waals surface area contributed by atoms with Gasteiger partial charge in [-0.3, -0.25) is 0 Å². The van der Waals surface area contributed by atoms with E-state index < -0.39 is 5.97 Å². The lowest BCUT2D eigenvalue weighted by atomic mass is 9.80. The van der Waals surface area contributed by atoms with Gasteiger partial charge in [-0.2, -0.15) is 0 Å². The Morgan fingerprint density at radius 3 is 2.60 bits per heavy atom. The van der Waals surface area contributed by atoms with Gasteiger partial charge in [-0.1, -0.05) is 0 Å². The normalized spacial score (nSPS) is 16.4. The van der Waals surface area contributed by atoms with Crippen molar-refractivity contribution in [2.45, 2.75) is 31.8 Å². The number of carbonyl (C=O) groups excluding carboxylic acids is 1. The zero-order valence-corrected chi connectivity index (χ0v) is 12.3. The highest BCUT2D eigenvalue weighted by Crippen LogP contribution is 2.35. The number of nitrogen functional groups attached to an aromatic ring is 1. The fourth-order valence-corrected chi connectivity index (χ4v) is 2.47. The summed E-state index contributed by atoms with van der Waals surface area (Å²) in [5.41, 5.74) is 8.43. The van der Waals surface area contributed by atoms with E-state index in [9.17, 15) is 4.79 Å². The van der Waals surface area contributed by atoms with Crippen LogP contribution in [0, 0.1) is 6.92 Å². The van der Waals surface area contributed by atoms with Crippen molar-refractivity contribution in [1.82, 2.24) is 0 Å². The highest BCUT2D eigenvalue weighted by atomic mass is 16.5. The lowest BCUT2D eigenvalue weighted by molar-refractivity contribution is -0.0601. The van der Waals surface area contributed by atoms with Crippen molar-refractivity contribution in [3.05, 3.63) is 23.3 Å². The van der Waals surface area contributed by atoms with E-state index in [1.165, 1.54) is 13.5 Å². The molecule has 0 aromatic heterocycles. The van der Waals surface area contributed by atoms with Gasteiger partial charge in [0.2, 0.25) is 0 Å². The van der Waals surface area contributed by atoms with Crippen LogP contribution in [0.1, 0.15) is 35.2 Å². The van der Waals surface area contributed by atoms with Gasteiger partial charge in [0.05, 0.1) is 18.3 Å². The van der Waals surface area contributed by atoms with Gasteiger partial charge in [-0.15, -0.1) is 0 Å².